The van der Waals surface area contributed by atoms with Gasteiger partial charge in [0, 0.05) is 22.2 Å². The number of halogens is 2. The lowest BCUT2D eigenvalue weighted by Crippen LogP contribution is -2.30. The summed E-state index contributed by atoms with van der Waals surface area (Å²) in [6, 6.07) is 6.96. The number of nitrogens with two attached hydrogens (primary N) is 1. The van der Waals surface area contributed by atoms with Gasteiger partial charge in [0.1, 0.15) is 5.82 Å². The third-order valence-electron chi connectivity index (χ3n) is 3.15. The van der Waals surface area contributed by atoms with Crippen LogP contribution in [0, 0.1) is 9.39 Å². The summed E-state index contributed by atoms with van der Waals surface area (Å²) >= 11 is 2.12. The van der Waals surface area contributed by atoms with Crippen LogP contribution in [0.15, 0.2) is 30.5 Å². The molecule has 0 aliphatic carbocycles. The van der Waals surface area contributed by atoms with Crippen LogP contribution in [0.4, 0.5) is 4.39 Å². The van der Waals surface area contributed by atoms with Crippen LogP contribution >= 0.6 is 22.6 Å². The normalized spacial score (nSPS) is 12.9. The van der Waals surface area contributed by atoms with Gasteiger partial charge in [0.15, 0.2) is 0 Å². The first-order valence-electron chi connectivity index (χ1n) is 6.46. The van der Waals surface area contributed by atoms with Gasteiger partial charge < -0.3 is 0 Å². The Balaban J connectivity index is 2.19. The first-order chi connectivity index (χ1) is 9.51. The summed E-state index contributed by atoms with van der Waals surface area (Å²) in [6.45, 7) is 4.16. The molecule has 6 heteroatoms. The average Bonchev–Trinajstić information content (AvgIpc) is 2.85. The Morgan fingerprint density at radius 2 is 2.15 bits per heavy atom. The van der Waals surface area contributed by atoms with Crippen molar-refractivity contribution >= 4 is 22.6 Å². The predicted octanol–water partition coefficient (Wildman–Crippen LogP) is 2.95. The van der Waals surface area contributed by atoms with Gasteiger partial charge in [-0.15, -0.1) is 0 Å². The number of hydrazine groups is 1. The Morgan fingerprint density at radius 1 is 1.40 bits per heavy atom. The minimum Gasteiger partial charge on any atom is -0.271 e. The highest BCUT2D eigenvalue weighted by atomic mass is 127. The first kappa shape index (κ1) is 15.4. The van der Waals surface area contributed by atoms with Crippen LogP contribution in [-0.4, -0.2) is 9.78 Å². The van der Waals surface area contributed by atoms with E-state index in [0.29, 0.717) is 12.5 Å². The van der Waals surface area contributed by atoms with Crippen LogP contribution in [0.1, 0.15) is 37.2 Å². The minimum absolute atomic E-state index is 0.0852. The molecule has 0 saturated carbocycles. The summed E-state index contributed by atoms with van der Waals surface area (Å²) < 4.78 is 15.9. The van der Waals surface area contributed by atoms with E-state index in [-0.39, 0.29) is 11.9 Å². The van der Waals surface area contributed by atoms with Gasteiger partial charge in [-0.2, -0.15) is 5.10 Å². The van der Waals surface area contributed by atoms with Crippen LogP contribution < -0.4 is 11.3 Å². The fourth-order valence-electron chi connectivity index (χ4n) is 2.03. The highest BCUT2D eigenvalue weighted by Crippen LogP contribution is 2.23. The highest BCUT2D eigenvalue weighted by Gasteiger charge is 2.16. The molecule has 4 nitrogen and oxygen atoms in total. The summed E-state index contributed by atoms with van der Waals surface area (Å²) in [7, 11) is 0. The molecule has 20 heavy (non-hydrogen) atoms. The lowest BCUT2D eigenvalue weighted by molar-refractivity contribution is 0.505. The minimum atomic E-state index is -0.238. The zero-order chi connectivity index (χ0) is 14.7. The summed E-state index contributed by atoms with van der Waals surface area (Å²) in [6.07, 6.45) is 2.63. The Bertz CT molecular complexity index is 582. The summed E-state index contributed by atoms with van der Waals surface area (Å²) in [4.78, 5) is 0. The summed E-state index contributed by atoms with van der Waals surface area (Å²) in [5, 5.41) is 4.51. The number of rotatable bonds is 5. The fourth-order valence-corrected chi connectivity index (χ4v) is 2.88. The molecule has 0 radical (unpaired) electrons. The molecule has 1 heterocycles. The van der Waals surface area contributed by atoms with Crippen LogP contribution in [0.3, 0.4) is 0 Å². The van der Waals surface area contributed by atoms with Gasteiger partial charge in [-0.05, 0) is 60.2 Å². The van der Waals surface area contributed by atoms with Crippen molar-refractivity contribution in [2.75, 3.05) is 0 Å². The molecule has 1 unspecified atom stereocenters. The first-order valence-corrected chi connectivity index (χ1v) is 7.54. The largest absolute Gasteiger partial charge is 0.271 e. The second kappa shape index (κ2) is 6.64. The van der Waals surface area contributed by atoms with E-state index in [4.69, 9.17) is 5.84 Å². The van der Waals surface area contributed by atoms with E-state index in [0.717, 1.165) is 14.8 Å². The lowest BCUT2D eigenvalue weighted by Gasteiger charge is -2.17. The van der Waals surface area contributed by atoms with Crippen LogP contribution in [-0.2, 0) is 6.42 Å². The second-order valence-corrected chi connectivity index (χ2v) is 6.13. The maximum Gasteiger partial charge on any atom is 0.124 e. The molecule has 0 spiro atoms. The van der Waals surface area contributed by atoms with Crippen LogP contribution in [0.5, 0.6) is 0 Å². The summed E-state index contributed by atoms with van der Waals surface area (Å²) in [5.41, 5.74) is 4.73. The van der Waals surface area contributed by atoms with E-state index >= 15 is 0 Å². The molecule has 0 aliphatic rings. The number of hydrogen-bond acceptors (Lipinski definition) is 3. The van der Waals surface area contributed by atoms with Gasteiger partial charge in [-0.1, -0.05) is 6.07 Å². The molecule has 2 rings (SSSR count). The number of nitrogens with zero attached hydrogens (tertiary/aromatic N) is 2. The van der Waals surface area contributed by atoms with Gasteiger partial charge in [0.05, 0.1) is 11.7 Å². The highest BCUT2D eigenvalue weighted by molar-refractivity contribution is 14.1. The topological polar surface area (TPSA) is 55.9 Å². The smallest absolute Gasteiger partial charge is 0.124 e. The van der Waals surface area contributed by atoms with Gasteiger partial charge in [-0.3, -0.25) is 16.0 Å². The van der Waals surface area contributed by atoms with Crippen LogP contribution in [0.25, 0.3) is 0 Å². The second-order valence-electron chi connectivity index (χ2n) is 4.97. The van der Waals surface area contributed by atoms with Crippen molar-refractivity contribution in [1.29, 1.82) is 0 Å². The Hall–Kier alpha value is -0.990. The molecule has 0 amide bonds. The van der Waals surface area contributed by atoms with Crippen molar-refractivity contribution in [1.82, 2.24) is 15.2 Å². The molecule has 0 fully saturated rings. The van der Waals surface area contributed by atoms with Gasteiger partial charge in [0.25, 0.3) is 0 Å². The Morgan fingerprint density at radius 3 is 2.70 bits per heavy atom. The van der Waals surface area contributed by atoms with Crippen molar-refractivity contribution in [2.24, 2.45) is 5.84 Å². The Kier molecular flexibility index (Phi) is 5.11. The van der Waals surface area contributed by atoms with Crippen molar-refractivity contribution in [3.05, 3.63) is 51.1 Å². The molecule has 1 aromatic carbocycles. The van der Waals surface area contributed by atoms with Gasteiger partial charge >= 0.3 is 0 Å². The zero-order valence-corrected chi connectivity index (χ0v) is 13.6. The fraction of sp³-hybridized carbons (Fsp3) is 0.357. The van der Waals surface area contributed by atoms with E-state index in [1.807, 2.05) is 16.9 Å². The van der Waals surface area contributed by atoms with E-state index in [1.54, 1.807) is 6.07 Å². The van der Waals surface area contributed by atoms with Crippen LogP contribution in [0.2, 0.25) is 0 Å². The van der Waals surface area contributed by atoms with E-state index in [2.05, 4.69) is 47.0 Å². The van der Waals surface area contributed by atoms with Gasteiger partial charge in [0.2, 0.25) is 0 Å². The maximum atomic E-state index is 13.2. The van der Waals surface area contributed by atoms with Crippen molar-refractivity contribution in [3.63, 3.8) is 0 Å². The third-order valence-corrected chi connectivity index (χ3v) is 4.08. The van der Waals surface area contributed by atoms with Crippen molar-refractivity contribution in [3.8, 4) is 0 Å². The average molecular weight is 388 g/mol. The number of hydrogen-bond donors (Lipinski definition) is 2. The number of nitrogens with one attached hydrogen (secondary N) is 1. The molecule has 108 valence electrons. The molecule has 0 bridgehead atoms. The third kappa shape index (κ3) is 3.56. The summed E-state index contributed by atoms with van der Waals surface area (Å²) in [5.74, 6) is 5.41. The maximum absolute atomic E-state index is 13.2. The molecule has 2 aromatic rings. The predicted molar refractivity (Wildman–Crippen MR) is 85.5 cm³/mol. The Labute approximate surface area is 131 Å². The SMILES string of the molecule is CC(C)n1ccc(CC(NN)c2ccc(F)cc2I)n1. The molecule has 1 aromatic heterocycles. The molecule has 0 aliphatic heterocycles. The molecular weight excluding hydrogens is 370 g/mol. The quantitative estimate of drug-likeness (QED) is 0.471. The van der Waals surface area contributed by atoms with E-state index in [1.165, 1.54) is 12.1 Å². The standard InChI is InChI=1S/C14H18FIN4/c1-9(2)20-6-5-11(19-20)8-14(18-17)12-4-3-10(15)7-13(12)16/h3-7,9,14,18H,8,17H2,1-2H3. The van der Waals surface area contributed by atoms with Gasteiger partial charge in [-0.25, -0.2) is 4.39 Å². The van der Waals surface area contributed by atoms with E-state index in [9.17, 15) is 4.39 Å². The number of benzene rings is 1. The lowest BCUT2D eigenvalue weighted by atomic mass is 10.0. The number of aromatic nitrogens is 2. The van der Waals surface area contributed by atoms with E-state index < -0.39 is 0 Å². The monoisotopic (exact) mass is 388 g/mol. The molecule has 1 atom stereocenters. The molecule has 3 N–H and O–H groups in total. The van der Waals surface area contributed by atoms with Crippen molar-refractivity contribution in [2.45, 2.75) is 32.4 Å². The zero-order valence-electron chi connectivity index (χ0n) is 11.5. The molecule has 0 saturated heterocycles. The van der Waals surface area contributed by atoms with Crippen molar-refractivity contribution < 1.29 is 4.39 Å². The molecular formula is C14H18FIN4.